The summed E-state index contributed by atoms with van der Waals surface area (Å²) >= 11 is 3.28. The van der Waals surface area contributed by atoms with Crippen molar-refractivity contribution >= 4 is 21.9 Å². The van der Waals surface area contributed by atoms with Crippen LogP contribution in [0.1, 0.15) is 17.2 Å². The summed E-state index contributed by atoms with van der Waals surface area (Å²) in [6.45, 7) is 1.89. The number of benzene rings is 1. The van der Waals surface area contributed by atoms with Gasteiger partial charge >= 0.3 is 5.97 Å². The van der Waals surface area contributed by atoms with Crippen LogP contribution in [0.25, 0.3) is 0 Å². The predicted molar refractivity (Wildman–Crippen MR) is 53.4 cm³/mol. The highest BCUT2D eigenvalue weighted by Gasteiger charge is 2.14. The van der Waals surface area contributed by atoms with Crippen molar-refractivity contribution in [1.82, 2.24) is 0 Å². The molecule has 0 fully saturated rings. The Balaban J connectivity index is 3.07. The van der Waals surface area contributed by atoms with Crippen LogP contribution in [-0.4, -0.2) is 11.1 Å². The zero-order valence-corrected chi connectivity index (χ0v) is 8.71. The maximum absolute atomic E-state index is 10.6. The molecular formula is C9H10BrNO2. The van der Waals surface area contributed by atoms with E-state index >= 15 is 0 Å². The van der Waals surface area contributed by atoms with E-state index in [1.165, 1.54) is 0 Å². The van der Waals surface area contributed by atoms with E-state index in [-0.39, 0.29) is 0 Å². The zero-order chi connectivity index (χ0) is 10.0. The first kappa shape index (κ1) is 10.2. The van der Waals surface area contributed by atoms with Gasteiger partial charge in [0.2, 0.25) is 0 Å². The van der Waals surface area contributed by atoms with E-state index in [0.717, 1.165) is 10.0 Å². The van der Waals surface area contributed by atoms with E-state index in [1.807, 2.05) is 13.0 Å². The molecule has 4 heteroatoms. The van der Waals surface area contributed by atoms with Gasteiger partial charge in [-0.2, -0.15) is 0 Å². The minimum Gasteiger partial charge on any atom is -0.480 e. The van der Waals surface area contributed by atoms with Gasteiger partial charge in [-0.1, -0.05) is 22.0 Å². The monoisotopic (exact) mass is 243 g/mol. The Morgan fingerprint density at radius 3 is 2.62 bits per heavy atom. The third-order valence-corrected chi connectivity index (χ3v) is 2.15. The quantitative estimate of drug-likeness (QED) is 0.834. The van der Waals surface area contributed by atoms with E-state index in [4.69, 9.17) is 10.8 Å². The van der Waals surface area contributed by atoms with Gasteiger partial charge in [0.15, 0.2) is 0 Å². The van der Waals surface area contributed by atoms with Gasteiger partial charge in [0.05, 0.1) is 0 Å². The maximum atomic E-state index is 10.6. The number of hydrogen-bond donors (Lipinski definition) is 2. The second kappa shape index (κ2) is 3.89. The lowest BCUT2D eigenvalue weighted by molar-refractivity contribution is -0.138. The number of rotatable bonds is 2. The smallest absolute Gasteiger partial charge is 0.325 e. The molecule has 70 valence electrons. The third kappa shape index (κ3) is 2.54. The van der Waals surface area contributed by atoms with E-state index in [0.29, 0.717) is 5.56 Å². The first-order chi connectivity index (χ1) is 6.00. The Bertz CT molecular complexity index is 318. The van der Waals surface area contributed by atoms with Gasteiger partial charge in [-0.15, -0.1) is 0 Å². The summed E-state index contributed by atoms with van der Waals surface area (Å²) in [6.07, 6.45) is 0. The van der Waals surface area contributed by atoms with Crippen molar-refractivity contribution < 1.29 is 9.90 Å². The number of aryl methyl sites for hydroxylation is 1. The number of carbonyl (C=O) groups is 1. The molecule has 0 saturated carbocycles. The van der Waals surface area contributed by atoms with Crippen molar-refractivity contribution in [2.75, 3.05) is 0 Å². The highest BCUT2D eigenvalue weighted by atomic mass is 79.9. The normalized spacial score (nSPS) is 12.5. The predicted octanol–water partition coefficient (Wildman–Crippen LogP) is 1.84. The summed E-state index contributed by atoms with van der Waals surface area (Å²) in [4.78, 5) is 10.6. The van der Waals surface area contributed by atoms with Crippen LogP contribution < -0.4 is 5.73 Å². The molecule has 13 heavy (non-hydrogen) atoms. The van der Waals surface area contributed by atoms with Gasteiger partial charge in [-0.05, 0) is 30.2 Å². The molecule has 3 N–H and O–H groups in total. The Morgan fingerprint density at radius 1 is 1.54 bits per heavy atom. The SMILES string of the molecule is Cc1cc(Br)cc(C(N)C(=O)O)c1. The van der Waals surface area contributed by atoms with Gasteiger partial charge in [-0.3, -0.25) is 4.79 Å². The van der Waals surface area contributed by atoms with E-state index < -0.39 is 12.0 Å². The molecule has 0 amide bonds. The Hall–Kier alpha value is -0.870. The lowest BCUT2D eigenvalue weighted by Crippen LogP contribution is -2.20. The van der Waals surface area contributed by atoms with Gasteiger partial charge in [0.1, 0.15) is 6.04 Å². The largest absolute Gasteiger partial charge is 0.480 e. The van der Waals surface area contributed by atoms with Crippen molar-refractivity contribution in [1.29, 1.82) is 0 Å². The Morgan fingerprint density at radius 2 is 2.15 bits per heavy atom. The number of hydrogen-bond acceptors (Lipinski definition) is 2. The topological polar surface area (TPSA) is 63.3 Å². The molecule has 0 aliphatic heterocycles. The molecule has 1 unspecified atom stereocenters. The number of aliphatic carboxylic acids is 1. The van der Waals surface area contributed by atoms with Crippen molar-refractivity contribution in [3.63, 3.8) is 0 Å². The molecule has 0 aliphatic rings. The molecule has 0 saturated heterocycles. The summed E-state index contributed by atoms with van der Waals surface area (Å²) < 4.78 is 0.846. The Kier molecular flexibility index (Phi) is 3.06. The molecule has 1 aromatic carbocycles. The molecule has 0 spiro atoms. The fourth-order valence-corrected chi connectivity index (χ4v) is 1.71. The maximum Gasteiger partial charge on any atom is 0.325 e. The van der Waals surface area contributed by atoms with E-state index in [1.54, 1.807) is 12.1 Å². The van der Waals surface area contributed by atoms with Crippen molar-refractivity contribution in [2.45, 2.75) is 13.0 Å². The molecule has 0 bridgehead atoms. The molecule has 0 aliphatic carbocycles. The van der Waals surface area contributed by atoms with E-state index in [9.17, 15) is 4.79 Å². The van der Waals surface area contributed by atoms with E-state index in [2.05, 4.69) is 15.9 Å². The minimum atomic E-state index is -1.02. The van der Waals surface area contributed by atoms with Crippen molar-refractivity contribution in [2.24, 2.45) is 5.73 Å². The van der Waals surface area contributed by atoms with Gasteiger partial charge < -0.3 is 10.8 Å². The fraction of sp³-hybridized carbons (Fsp3) is 0.222. The van der Waals surface area contributed by atoms with Gasteiger partial charge in [0.25, 0.3) is 0 Å². The van der Waals surface area contributed by atoms with Crippen LogP contribution in [0.2, 0.25) is 0 Å². The van der Waals surface area contributed by atoms with Crippen LogP contribution in [-0.2, 0) is 4.79 Å². The zero-order valence-electron chi connectivity index (χ0n) is 7.12. The highest BCUT2D eigenvalue weighted by Crippen LogP contribution is 2.19. The number of halogens is 1. The lowest BCUT2D eigenvalue weighted by atomic mass is 10.1. The second-order valence-electron chi connectivity index (χ2n) is 2.88. The first-order valence-electron chi connectivity index (χ1n) is 3.76. The molecular weight excluding hydrogens is 234 g/mol. The molecule has 0 radical (unpaired) electrons. The van der Waals surface area contributed by atoms with Gasteiger partial charge in [0, 0.05) is 4.47 Å². The third-order valence-electron chi connectivity index (χ3n) is 1.69. The lowest BCUT2D eigenvalue weighted by Gasteiger charge is -2.08. The summed E-state index contributed by atoms with van der Waals surface area (Å²) in [5, 5.41) is 8.68. The number of carboxylic acid groups (broad SMARTS) is 1. The molecule has 1 aromatic rings. The molecule has 0 heterocycles. The van der Waals surface area contributed by atoms with Crippen LogP contribution in [0.15, 0.2) is 22.7 Å². The number of nitrogens with two attached hydrogens (primary N) is 1. The summed E-state index contributed by atoms with van der Waals surface area (Å²) in [7, 11) is 0. The second-order valence-corrected chi connectivity index (χ2v) is 3.79. The Labute approximate surface area is 84.7 Å². The average Bonchev–Trinajstić information content (AvgIpc) is 2.01. The summed E-state index contributed by atoms with van der Waals surface area (Å²) in [5.74, 6) is -1.02. The molecule has 1 rings (SSSR count). The first-order valence-corrected chi connectivity index (χ1v) is 4.55. The van der Waals surface area contributed by atoms with Crippen LogP contribution >= 0.6 is 15.9 Å². The summed E-state index contributed by atoms with van der Waals surface area (Å²) in [5.41, 5.74) is 7.05. The molecule has 3 nitrogen and oxygen atoms in total. The van der Waals surface area contributed by atoms with Crippen LogP contribution in [0.4, 0.5) is 0 Å². The van der Waals surface area contributed by atoms with Crippen LogP contribution in [0, 0.1) is 6.92 Å². The minimum absolute atomic E-state index is 0.611. The van der Waals surface area contributed by atoms with Crippen molar-refractivity contribution in [3.8, 4) is 0 Å². The van der Waals surface area contributed by atoms with Crippen molar-refractivity contribution in [3.05, 3.63) is 33.8 Å². The van der Waals surface area contributed by atoms with Crippen LogP contribution in [0.5, 0.6) is 0 Å². The fourth-order valence-electron chi connectivity index (χ4n) is 1.09. The number of carboxylic acids is 1. The van der Waals surface area contributed by atoms with Crippen LogP contribution in [0.3, 0.4) is 0 Å². The van der Waals surface area contributed by atoms with Gasteiger partial charge in [-0.25, -0.2) is 0 Å². The highest BCUT2D eigenvalue weighted by molar-refractivity contribution is 9.10. The summed E-state index contributed by atoms with van der Waals surface area (Å²) in [6, 6.07) is 4.43. The average molecular weight is 244 g/mol. The molecule has 0 aromatic heterocycles. The standard InChI is InChI=1S/C9H10BrNO2/c1-5-2-6(4-7(10)3-5)8(11)9(12)13/h2-4,8H,11H2,1H3,(H,12,13). The molecule has 1 atom stereocenters.